The van der Waals surface area contributed by atoms with Crippen LogP contribution in [0.3, 0.4) is 0 Å². The Morgan fingerprint density at radius 3 is 2.52 bits per heavy atom. The Morgan fingerprint density at radius 1 is 1.08 bits per heavy atom. The quantitative estimate of drug-likeness (QED) is 0.852. The number of rotatable bonds is 3. The third-order valence-electron chi connectivity index (χ3n) is 5.05. The minimum absolute atomic E-state index is 0.0195. The summed E-state index contributed by atoms with van der Waals surface area (Å²) in [6, 6.07) is 11.5. The van der Waals surface area contributed by atoms with Crippen molar-refractivity contribution in [2.75, 3.05) is 10.0 Å². The average Bonchev–Trinajstić information content (AvgIpc) is 3.16. The molecule has 2 aromatic rings. The van der Waals surface area contributed by atoms with Crippen LogP contribution in [-0.4, -0.2) is 14.3 Å². The maximum Gasteiger partial charge on any atom is 0.263 e. The molecule has 2 aliphatic rings. The van der Waals surface area contributed by atoms with Crippen molar-refractivity contribution < 1.29 is 13.2 Å². The molecule has 2 N–H and O–H groups in total. The zero-order valence-corrected chi connectivity index (χ0v) is 15.0. The third kappa shape index (κ3) is 2.60. The van der Waals surface area contributed by atoms with Crippen LogP contribution in [0.5, 0.6) is 0 Å². The van der Waals surface area contributed by atoms with Crippen LogP contribution in [-0.2, 0) is 20.2 Å². The van der Waals surface area contributed by atoms with Crippen molar-refractivity contribution in [3.8, 4) is 0 Å². The Bertz CT molecular complexity index is 966. The van der Waals surface area contributed by atoms with Crippen LogP contribution in [0.4, 0.5) is 11.4 Å². The maximum absolute atomic E-state index is 12.6. The van der Waals surface area contributed by atoms with Crippen LogP contribution in [0.1, 0.15) is 31.2 Å². The molecule has 0 unspecified atom stereocenters. The predicted molar refractivity (Wildman–Crippen MR) is 97.5 cm³/mol. The third-order valence-corrected chi connectivity index (χ3v) is 6.93. The number of anilines is 2. The Hall–Kier alpha value is -2.05. The van der Waals surface area contributed by atoms with E-state index in [4.69, 9.17) is 11.6 Å². The minimum Gasteiger partial charge on any atom is -0.325 e. The molecule has 130 valence electrons. The standard InChI is InChI=1S/C18H17ClN2O3S/c19-14-5-1-2-6-16(14)25(23,24)21-12-7-8-15-13(11-12)18(17(22)20-15)9-3-4-10-18/h1-2,5-8,11,21H,3-4,9-10H2,(H,20,22). The largest absolute Gasteiger partial charge is 0.325 e. The zero-order chi connectivity index (χ0) is 17.7. The van der Waals surface area contributed by atoms with Gasteiger partial charge in [0.15, 0.2) is 0 Å². The minimum atomic E-state index is -3.80. The SMILES string of the molecule is O=C1Nc2ccc(NS(=O)(=O)c3ccccc3Cl)cc2C12CCCC2. The summed E-state index contributed by atoms with van der Waals surface area (Å²) in [6.45, 7) is 0. The van der Waals surface area contributed by atoms with Gasteiger partial charge < -0.3 is 5.32 Å². The highest BCUT2D eigenvalue weighted by atomic mass is 35.5. The summed E-state index contributed by atoms with van der Waals surface area (Å²) in [5.74, 6) is 0.0195. The fourth-order valence-corrected chi connectivity index (χ4v) is 5.39. The summed E-state index contributed by atoms with van der Waals surface area (Å²) in [7, 11) is -3.80. The normalized spacial score (nSPS) is 18.2. The zero-order valence-electron chi connectivity index (χ0n) is 13.4. The molecular formula is C18H17ClN2O3S. The molecule has 2 aromatic carbocycles. The summed E-state index contributed by atoms with van der Waals surface area (Å²) >= 11 is 6.01. The number of halogens is 1. The fourth-order valence-electron chi connectivity index (χ4n) is 3.82. The van der Waals surface area contributed by atoms with E-state index in [2.05, 4.69) is 10.0 Å². The van der Waals surface area contributed by atoms with Crippen LogP contribution >= 0.6 is 11.6 Å². The van der Waals surface area contributed by atoms with Crippen molar-refractivity contribution in [2.45, 2.75) is 36.0 Å². The van der Waals surface area contributed by atoms with Crippen LogP contribution in [0.25, 0.3) is 0 Å². The lowest BCUT2D eigenvalue weighted by molar-refractivity contribution is -0.120. The first-order valence-electron chi connectivity index (χ1n) is 8.16. The van der Waals surface area contributed by atoms with E-state index in [1.165, 1.54) is 12.1 Å². The molecule has 1 saturated carbocycles. The van der Waals surface area contributed by atoms with Gasteiger partial charge in [-0.2, -0.15) is 0 Å². The Labute approximate surface area is 151 Å². The van der Waals surface area contributed by atoms with E-state index in [0.717, 1.165) is 36.9 Å². The highest BCUT2D eigenvalue weighted by Gasteiger charge is 2.48. The summed E-state index contributed by atoms with van der Waals surface area (Å²) in [6.07, 6.45) is 3.60. The predicted octanol–water partition coefficient (Wildman–Crippen LogP) is 3.90. The molecule has 1 amide bonds. The van der Waals surface area contributed by atoms with Gasteiger partial charge >= 0.3 is 0 Å². The van der Waals surface area contributed by atoms with Gasteiger partial charge in [-0.15, -0.1) is 0 Å². The van der Waals surface area contributed by atoms with E-state index < -0.39 is 15.4 Å². The Balaban J connectivity index is 1.71. The highest BCUT2D eigenvalue weighted by Crippen LogP contribution is 2.49. The van der Waals surface area contributed by atoms with Gasteiger partial charge in [0.25, 0.3) is 10.0 Å². The van der Waals surface area contributed by atoms with Crippen molar-refractivity contribution in [1.82, 2.24) is 0 Å². The molecule has 0 aromatic heterocycles. The lowest BCUT2D eigenvalue weighted by atomic mass is 9.80. The molecule has 0 atom stereocenters. The molecule has 1 heterocycles. The molecule has 0 bridgehead atoms. The van der Waals surface area contributed by atoms with E-state index >= 15 is 0 Å². The van der Waals surface area contributed by atoms with E-state index in [-0.39, 0.29) is 15.8 Å². The van der Waals surface area contributed by atoms with E-state index in [9.17, 15) is 13.2 Å². The Morgan fingerprint density at radius 2 is 1.80 bits per heavy atom. The fraction of sp³-hybridized carbons (Fsp3) is 0.278. The number of carbonyl (C=O) groups is 1. The van der Waals surface area contributed by atoms with Gasteiger partial charge in [-0.3, -0.25) is 9.52 Å². The summed E-state index contributed by atoms with van der Waals surface area (Å²) in [5.41, 5.74) is 1.57. The van der Waals surface area contributed by atoms with Crippen molar-refractivity contribution >= 4 is 38.9 Å². The van der Waals surface area contributed by atoms with Crippen molar-refractivity contribution in [1.29, 1.82) is 0 Å². The molecule has 7 heteroatoms. The first kappa shape index (κ1) is 16.4. The van der Waals surface area contributed by atoms with Crippen LogP contribution < -0.4 is 10.0 Å². The molecule has 25 heavy (non-hydrogen) atoms. The van der Waals surface area contributed by atoms with Gasteiger partial charge in [0, 0.05) is 11.4 Å². The second-order valence-corrected chi connectivity index (χ2v) is 8.60. The highest BCUT2D eigenvalue weighted by molar-refractivity contribution is 7.92. The first-order valence-corrected chi connectivity index (χ1v) is 10.0. The van der Waals surface area contributed by atoms with Gasteiger partial charge in [-0.1, -0.05) is 36.6 Å². The summed E-state index contributed by atoms with van der Waals surface area (Å²) in [5, 5.41) is 3.09. The average molecular weight is 377 g/mol. The molecule has 1 aliphatic carbocycles. The lowest BCUT2D eigenvalue weighted by Gasteiger charge is -2.21. The first-order chi connectivity index (χ1) is 11.9. The summed E-state index contributed by atoms with van der Waals surface area (Å²) < 4.78 is 27.8. The molecule has 1 spiro atoms. The molecule has 5 nitrogen and oxygen atoms in total. The van der Waals surface area contributed by atoms with E-state index in [1.807, 2.05) is 0 Å². The van der Waals surface area contributed by atoms with Crippen LogP contribution in [0.15, 0.2) is 47.4 Å². The lowest BCUT2D eigenvalue weighted by Crippen LogP contribution is -2.31. The molecule has 4 rings (SSSR count). The molecular weight excluding hydrogens is 360 g/mol. The van der Waals surface area contributed by atoms with Gasteiger partial charge in [0.05, 0.1) is 10.4 Å². The summed E-state index contributed by atoms with van der Waals surface area (Å²) in [4.78, 5) is 12.5. The number of nitrogens with one attached hydrogen (secondary N) is 2. The number of sulfonamides is 1. The number of benzene rings is 2. The number of amides is 1. The van der Waals surface area contributed by atoms with E-state index in [1.54, 1.807) is 30.3 Å². The Kier molecular flexibility index (Phi) is 3.77. The molecule has 1 aliphatic heterocycles. The molecule has 0 radical (unpaired) electrons. The van der Waals surface area contributed by atoms with Crippen molar-refractivity contribution in [2.24, 2.45) is 0 Å². The van der Waals surface area contributed by atoms with Crippen molar-refractivity contribution in [3.63, 3.8) is 0 Å². The number of hydrogen-bond acceptors (Lipinski definition) is 3. The number of hydrogen-bond donors (Lipinski definition) is 2. The van der Waals surface area contributed by atoms with Gasteiger partial charge in [-0.25, -0.2) is 8.42 Å². The van der Waals surface area contributed by atoms with Gasteiger partial charge in [0.2, 0.25) is 5.91 Å². The van der Waals surface area contributed by atoms with Crippen LogP contribution in [0, 0.1) is 0 Å². The van der Waals surface area contributed by atoms with Crippen LogP contribution in [0.2, 0.25) is 5.02 Å². The molecule has 0 saturated heterocycles. The van der Waals surface area contributed by atoms with Gasteiger partial charge in [0.1, 0.15) is 4.90 Å². The topological polar surface area (TPSA) is 75.3 Å². The monoisotopic (exact) mass is 376 g/mol. The number of carbonyl (C=O) groups excluding carboxylic acids is 1. The van der Waals surface area contributed by atoms with Gasteiger partial charge in [-0.05, 0) is 48.7 Å². The maximum atomic E-state index is 12.6. The second kappa shape index (κ2) is 5.75. The second-order valence-electron chi connectivity index (χ2n) is 6.54. The van der Waals surface area contributed by atoms with E-state index in [0.29, 0.717) is 5.69 Å². The van der Waals surface area contributed by atoms with Crippen molar-refractivity contribution in [3.05, 3.63) is 53.1 Å². The smallest absolute Gasteiger partial charge is 0.263 e. The molecule has 1 fully saturated rings. The number of fused-ring (bicyclic) bond motifs is 2.